The SMILES string of the molecule is COC(=O)CC[C@H](CC(=O)[C@H](CCC(=O)OC)NC(C)=O)C(=O)N[C@@H](CCSC)C(=O)C[C@@H](CCC(N)=O)C(=O)N[C@@H](CCCN=C(N)N)C(=O)C[C@@H](CCCN=C(N)N)C(N)=O. The van der Waals surface area contributed by atoms with Gasteiger partial charge in [-0.15, -0.1) is 0 Å². The van der Waals surface area contributed by atoms with Crippen LogP contribution in [0.2, 0.25) is 0 Å². The topological polar surface area (TPSA) is 406 Å². The fraction of sp³-hybridized carbons (Fsp3) is 0.692. The van der Waals surface area contributed by atoms with Crippen LogP contribution in [0.3, 0.4) is 0 Å². The highest BCUT2D eigenvalue weighted by atomic mass is 32.2. The lowest BCUT2D eigenvalue weighted by Crippen LogP contribution is -2.48. The molecule has 0 aliphatic carbocycles. The summed E-state index contributed by atoms with van der Waals surface area (Å²) in [7, 11) is 2.31. The fourth-order valence-electron chi connectivity index (χ4n) is 6.28. The maximum atomic E-state index is 14.1. The number of primary amides is 2. The number of nitrogens with one attached hydrogen (secondary N) is 3. The molecule has 0 aromatic rings. The first-order valence-corrected chi connectivity index (χ1v) is 21.8. The van der Waals surface area contributed by atoms with E-state index in [-0.39, 0.29) is 95.6 Å². The normalized spacial score (nSPS) is 13.6. The van der Waals surface area contributed by atoms with E-state index in [1.807, 2.05) is 0 Å². The van der Waals surface area contributed by atoms with E-state index >= 15 is 0 Å². The number of nitrogens with two attached hydrogens (primary N) is 6. The maximum absolute atomic E-state index is 14.1. The number of thioether (sulfide) groups is 1. The number of methoxy groups -OCH3 is 2. The number of carbonyl (C=O) groups excluding carboxylic acids is 10. The molecule has 23 nitrogen and oxygen atoms in total. The van der Waals surface area contributed by atoms with Crippen molar-refractivity contribution < 1.29 is 57.4 Å². The van der Waals surface area contributed by atoms with Gasteiger partial charge in [0.05, 0.1) is 32.3 Å². The van der Waals surface area contributed by atoms with E-state index in [0.717, 1.165) is 14.2 Å². The first-order valence-electron chi connectivity index (χ1n) is 20.4. The van der Waals surface area contributed by atoms with Crippen LogP contribution in [0.25, 0.3) is 0 Å². The molecule has 0 heterocycles. The Bertz CT molecular complexity index is 1640. The fourth-order valence-corrected chi connectivity index (χ4v) is 6.75. The number of rotatable bonds is 35. The van der Waals surface area contributed by atoms with Gasteiger partial charge in [0.1, 0.15) is 0 Å². The monoisotopic (exact) mass is 913 g/mol. The van der Waals surface area contributed by atoms with Crippen molar-refractivity contribution in [3.05, 3.63) is 0 Å². The van der Waals surface area contributed by atoms with Gasteiger partial charge in [-0.2, -0.15) is 11.8 Å². The molecule has 5 amide bonds. The molecule has 0 rings (SSSR count). The molecule has 0 unspecified atom stereocenters. The molecule has 0 aromatic carbocycles. The van der Waals surface area contributed by atoms with Gasteiger partial charge in [0, 0.05) is 76.3 Å². The Morgan fingerprint density at radius 2 is 0.952 bits per heavy atom. The lowest BCUT2D eigenvalue weighted by atomic mass is 9.89. The second kappa shape index (κ2) is 32.0. The number of Topliss-reactive ketones (excluding diaryl/α,β-unsaturated/α-hetero) is 3. The first kappa shape index (κ1) is 57.2. The Morgan fingerprint density at radius 1 is 0.540 bits per heavy atom. The quantitative estimate of drug-likeness (QED) is 0.0140. The highest BCUT2D eigenvalue weighted by Crippen LogP contribution is 2.21. The highest BCUT2D eigenvalue weighted by Gasteiger charge is 2.34. The third kappa shape index (κ3) is 26.3. The molecule has 0 saturated heterocycles. The summed E-state index contributed by atoms with van der Waals surface area (Å²) in [6.07, 6.45) is -0.172. The number of hydrogen-bond acceptors (Lipinski definition) is 15. The van der Waals surface area contributed by atoms with Crippen molar-refractivity contribution >= 4 is 82.5 Å². The molecule has 0 bridgehead atoms. The Kier molecular flexibility index (Phi) is 29.0. The van der Waals surface area contributed by atoms with Crippen molar-refractivity contribution in [2.45, 2.75) is 115 Å². The average molecular weight is 914 g/mol. The Labute approximate surface area is 371 Å². The average Bonchev–Trinajstić information content (AvgIpc) is 3.21. The molecule has 0 spiro atoms. The van der Waals surface area contributed by atoms with Crippen LogP contribution in [0.4, 0.5) is 0 Å². The minimum absolute atomic E-state index is 0.0148. The number of aliphatic imine (C=N–C) groups is 2. The molecule has 0 aliphatic rings. The second-order valence-electron chi connectivity index (χ2n) is 14.8. The zero-order valence-electron chi connectivity index (χ0n) is 36.7. The van der Waals surface area contributed by atoms with Crippen LogP contribution in [-0.4, -0.2) is 128 Å². The number of amides is 5. The summed E-state index contributed by atoms with van der Waals surface area (Å²) in [5.74, 6) is -10.1. The lowest BCUT2D eigenvalue weighted by molar-refractivity contribution is -0.143. The minimum atomic E-state index is -1.23. The van der Waals surface area contributed by atoms with Crippen molar-refractivity contribution in [2.75, 3.05) is 39.3 Å². The smallest absolute Gasteiger partial charge is 0.305 e. The van der Waals surface area contributed by atoms with Crippen LogP contribution >= 0.6 is 11.8 Å². The third-order valence-electron chi connectivity index (χ3n) is 9.75. The predicted octanol–water partition coefficient (Wildman–Crippen LogP) is -2.30. The Morgan fingerprint density at radius 3 is 1.37 bits per heavy atom. The van der Waals surface area contributed by atoms with Crippen LogP contribution in [0.5, 0.6) is 0 Å². The van der Waals surface area contributed by atoms with Crippen molar-refractivity contribution in [1.29, 1.82) is 0 Å². The standard InChI is InChI=1S/C39H67N11O12S/c1-22(51)48-27(11-14-34(57)62-3)30(53)21-25(10-13-33(56)61-2)37(60)50-28(15-18-63-4)31(54)20-24(9-12-32(40)55)36(59)49-26(8-6-17-47-39(44)45)29(52)19-23(35(41)58)7-5-16-46-38(42)43/h23-28H,5-21H2,1-4H3,(H2,40,55)(H2,41,58)(H,48,51)(H,49,59)(H,50,60)(H4,42,43,46)(H4,44,45,47)/t23-,24-,25-,26+,27+,28+/m1/s1. The van der Waals surface area contributed by atoms with Crippen molar-refractivity contribution in [3.8, 4) is 0 Å². The molecule has 0 fully saturated rings. The van der Waals surface area contributed by atoms with E-state index in [0.29, 0.717) is 12.2 Å². The summed E-state index contributed by atoms with van der Waals surface area (Å²) in [6, 6.07) is -3.60. The molecule has 24 heteroatoms. The number of esters is 2. The third-order valence-corrected chi connectivity index (χ3v) is 10.4. The molecule has 356 valence electrons. The van der Waals surface area contributed by atoms with Gasteiger partial charge in [0.2, 0.25) is 29.5 Å². The number of guanidine groups is 2. The number of carbonyl (C=O) groups is 10. The van der Waals surface area contributed by atoms with E-state index in [4.69, 9.17) is 39.1 Å². The number of hydrogen-bond donors (Lipinski definition) is 9. The predicted molar refractivity (Wildman–Crippen MR) is 234 cm³/mol. The van der Waals surface area contributed by atoms with Crippen LogP contribution in [-0.2, 0) is 57.4 Å². The van der Waals surface area contributed by atoms with Crippen LogP contribution in [0.1, 0.15) is 96.8 Å². The van der Waals surface area contributed by atoms with Crippen LogP contribution < -0.4 is 50.4 Å². The van der Waals surface area contributed by atoms with Gasteiger partial charge in [-0.1, -0.05) is 0 Å². The van der Waals surface area contributed by atoms with Crippen LogP contribution in [0, 0.1) is 17.8 Å². The largest absolute Gasteiger partial charge is 0.469 e. The summed E-state index contributed by atoms with van der Waals surface area (Å²) < 4.78 is 9.35. The Balaban J connectivity index is 6.59. The molecular formula is C39H67N11O12S. The molecule has 0 aromatic heterocycles. The number of ketones is 3. The maximum Gasteiger partial charge on any atom is 0.305 e. The van der Waals surface area contributed by atoms with E-state index in [1.165, 1.54) is 18.7 Å². The molecular weight excluding hydrogens is 847 g/mol. The summed E-state index contributed by atoms with van der Waals surface area (Å²) in [5, 5.41) is 7.79. The molecule has 0 aliphatic heterocycles. The minimum Gasteiger partial charge on any atom is -0.469 e. The van der Waals surface area contributed by atoms with Gasteiger partial charge < -0.3 is 59.8 Å². The molecule has 0 saturated carbocycles. The molecule has 15 N–H and O–H groups in total. The van der Waals surface area contributed by atoms with Gasteiger partial charge in [-0.05, 0) is 63.4 Å². The molecule has 6 atom stereocenters. The van der Waals surface area contributed by atoms with E-state index < -0.39 is 108 Å². The lowest BCUT2D eigenvalue weighted by Gasteiger charge is -2.26. The van der Waals surface area contributed by atoms with Gasteiger partial charge in [-0.25, -0.2) is 0 Å². The van der Waals surface area contributed by atoms with E-state index in [9.17, 15) is 47.9 Å². The van der Waals surface area contributed by atoms with Crippen LogP contribution in [0.15, 0.2) is 9.98 Å². The zero-order valence-corrected chi connectivity index (χ0v) is 37.5. The summed E-state index contributed by atoms with van der Waals surface area (Å²) in [5.41, 5.74) is 32.6. The highest BCUT2D eigenvalue weighted by molar-refractivity contribution is 7.98. The van der Waals surface area contributed by atoms with E-state index in [2.05, 4.69) is 30.7 Å². The summed E-state index contributed by atoms with van der Waals surface area (Å²) in [6.45, 7) is 1.44. The zero-order chi connectivity index (χ0) is 48.1. The Hall–Kier alpha value is -5.81. The summed E-state index contributed by atoms with van der Waals surface area (Å²) in [4.78, 5) is 137. The van der Waals surface area contributed by atoms with E-state index in [1.54, 1.807) is 6.26 Å². The van der Waals surface area contributed by atoms with Crippen molar-refractivity contribution in [1.82, 2.24) is 16.0 Å². The van der Waals surface area contributed by atoms with Crippen molar-refractivity contribution in [2.24, 2.45) is 62.1 Å². The number of nitrogens with zero attached hydrogens (tertiary/aromatic N) is 2. The second-order valence-corrected chi connectivity index (χ2v) is 15.8. The first-order chi connectivity index (χ1) is 29.6. The summed E-state index contributed by atoms with van der Waals surface area (Å²) >= 11 is 1.36. The number of ether oxygens (including phenoxy) is 2. The van der Waals surface area contributed by atoms with Gasteiger partial charge in [0.25, 0.3) is 0 Å². The van der Waals surface area contributed by atoms with Crippen molar-refractivity contribution in [3.63, 3.8) is 0 Å². The van der Waals surface area contributed by atoms with Gasteiger partial charge in [0.15, 0.2) is 29.3 Å². The molecule has 63 heavy (non-hydrogen) atoms. The van der Waals surface area contributed by atoms with Gasteiger partial charge in [-0.3, -0.25) is 57.9 Å². The molecule has 0 radical (unpaired) electrons. The van der Waals surface area contributed by atoms with Gasteiger partial charge >= 0.3 is 11.9 Å².